The van der Waals surface area contributed by atoms with Crippen molar-refractivity contribution < 1.29 is 0 Å². The van der Waals surface area contributed by atoms with Crippen LogP contribution in [-0.2, 0) is 0 Å². The third kappa shape index (κ3) is 2.59. The average molecular weight is 177 g/mol. The van der Waals surface area contributed by atoms with Gasteiger partial charge in [0.1, 0.15) is 0 Å². The van der Waals surface area contributed by atoms with Crippen LogP contribution in [0.3, 0.4) is 0 Å². The molecule has 0 spiro atoms. The predicted molar refractivity (Wildman–Crippen MR) is 54.2 cm³/mol. The molecule has 1 fully saturated rings. The molecule has 2 rings (SSSR count). The lowest BCUT2D eigenvalue weighted by atomic mass is 10.1. The molecular weight excluding hydrogens is 160 g/mol. The van der Waals surface area contributed by atoms with Gasteiger partial charge < -0.3 is 5.32 Å². The monoisotopic (exact) mass is 177 g/mol. The summed E-state index contributed by atoms with van der Waals surface area (Å²) < 4.78 is 0. The Kier molecular flexibility index (Phi) is 3.03. The van der Waals surface area contributed by atoms with E-state index in [0.29, 0.717) is 0 Å². The van der Waals surface area contributed by atoms with Gasteiger partial charge in [-0.3, -0.25) is 4.90 Å². The van der Waals surface area contributed by atoms with Crippen LogP contribution in [-0.4, -0.2) is 31.1 Å². The summed E-state index contributed by atoms with van der Waals surface area (Å²) in [6.45, 7) is 4.62. The van der Waals surface area contributed by atoms with E-state index in [9.17, 15) is 0 Å². The summed E-state index contributed by atoms with van der Waals surface area (Å²) in [5.41, 5.74) is 1.42. The standard InChI is InChI=1S/C11H17N2/c1-2-8-13(9-3-1)10-11-4-6-12-7-5-11/h4-5,12H,1-3,6,8-10H2. The van der Waals surface area contributed by atoms with E-state index in [4.69, 9.17) is 0 Å². The van der Waals surface area contributed by atoms with Crippen LogP contribution in [0, 0.1) is 6.20 Å². The molecule has 1 N–H and O–H groups in total. The van der Waals surface area contributed by atoms with Gasteiger partial charge in [0.2, 0.25) is 0 Å². The normalized spacial score (nSPS) is 23.8. The SMILES string of the molecule is [C]1=CC(CN2CCCCC2)=CCN1. The van der Waals surface area contributed by atoms with Gasteiger partial charge in [0.05, 0.1) is 6.20 Å². The Hall–Kier alpha value is -0.760. The maximum atomic E-state index is 3.05. The molecule has 71 valence electrons. The van der Waals surface area contributed by atoms with Crippen LogP contribution >= 0.6 is 0 Å². The van der Waals surface area contributed by atoms with Crippen LogP contribution in [0.1, 0.15) is 19.3 Å². The fraction of sp³-hybridized carbons (Fsp3) is 0.636. The van der Waals surface area contributed by atoms with Crippen molar-refractivity contribution >= 4 is 0 Å². The lowest BCUT2D eigenvalue weighted by Crippen LogP contribution is -2.31. The first-order valence-electron chi connectivity index (χ1n) is 5.18. The molecule has 2 aliphatic heterocycles. The molecule has 2 nitrogen and oxygen atoms in total. The second kappa shape index (κ2) is 4.47. The minimum absolute atomic E-state index is 0.944. The van der Waals surface area contributed by atoms with Crippen molar-refractivity contribution in [3.8, 4) is 0 Å². The van der Waals surface area contributed by atoms with Gasteiger partial charge in [0, 0.05) is 13.1 Å². The first-order valence-corrected chi connectivity index (χ1v) is 5.18. The lowest BCUT2D eigenvalue weighted by molar-refractivity contribution is 0.248. The summed E-state index contributed by atoms with van der Waals surface area (Å²) in [5.74, 6) is 0. The number of hydrogen-bond donors (Lipinski definition) is 1. The van der Waals surface area contributed by atoms with Crippen molar-refractivity contribution in [1.29, 1.82) is 0 Å². The van der Waals surface area contributed by atoms with Crippen LogP contribution in [0.2, 0.25) is 0 Å². The number of rotatable bonds is 2. The zero-order valence-corrected chi connectivity index (χ0v) is 8.05. The molecule has 0 atom stereocenters. The van der Waals surface area contributed by atoms with Crippen LogP contribution in [0.25, 0.3) is 0 Å². The lowest BCUT2D eigenvalue weighted by Gasteiger charge is -2.27. The van der Waals surface area contributed by atoms with E-state index in [0.717, 1.165) is 13.1 Å². The van der Waals surface area contributed by atoms with E-state index < -0.39 is 0 Å². The average Bonchev–Trinajstić information content (AvgIpc) is 2.21. The molecule has 0 saturated carbocycles. The maximum Gasteiger partial charge on any atom is 0.0581 e. The Morgan fingerprint density at radius 1 is 1.31 bits per heavy atom. The van der Waals surface area contributed by atoms with E-state index in [1.165, 1.54) is 37.9 Å². The summed E-state index contributed by atoms with van der Waals surface area (Å²) in [7, 11) is 0. The molecule has 0 aromatic rings. The molecule has 0 aromatic carbocycles. The van der Waals surface area contributed by atoms with E-state index in [1.807, 2.05) is 0 Å². The van der Waals surface area contributed by atoms with Crippen LogP contribution in [0.5, 0.6) is 0 Å². The first-order chi connectivity index (χ1) is 6.45. The topological polar surface area (TPSA) is 15.3 Å². The minimum atomic E-state index is 0.944. The molecule has 0 unspecified atom stereocenters. The zero-order valence-electron chi connectivity index (χ0n) is 8.05. The summed E-state index contributed by atoms with van der Waals surface area (Å²) in [6, 6.07) is 0. The molecule has 0 amide bonds. The number of nitrogens with zero attached hydrogens (tertiary/aromatic N) is 1. The van der Waals surface area contributed by atoms with Crippen LogP contribution < -0.4 is 5.32 Å². The fourth-order valence-corrected chi connectivity index (χ4v) is 1.93. The zero-order chi connectivity index (χ0) is 8.93. The highest BCUT2D eigenvalue weighted by molar-refractivity contribution is 5.21. The highest BCUT2D eigenvalue weighted by atomic mass is 15.1. The fourth-order valence-electron chi connectivity index (χ4n) is 1.93. The van der Waals surface area contributed by atoms with Gasteiger partial charge in [0.25, 0.3) is 0 Å². The summed E-state index contributed by atoms with van der Waals surface area (Å²) in [6.07, 6.45) is 11.5. The molecule has 0 bridgehead atoms. The molecule has 0 aliphatic carbocycles. The van der Waals surface area contributed by atoms with Gasteiger partial charge >= 0.3 is 0 Å². The summed E-state index contributed by atoms with van der Waals surface area (Å²) >= 11 is 0. The Balaban J connectivity index is 1.82. The van der Waals surface area contributed by atoms with Crippen molar-refractivity contribution in [2.24, 2.45) is 0 Å². The summed E-state index contributed by atoms with van der Waals surface area (Å²) in [5, 5.41) is 3.05. The maximum absolute atomic E-state index is 3.05. The van der Waals surface area contributed by atoms with Crippen molar-refractivity contribution in [3.05, 3.63) is 23.9 Å². The quantitative estimate of drug-likeness (QED) is 0.684. The molecule has 2 heterocycles. The highest BCUT2D eigenvalue weighted by Gasteiger charge is 2.10. The first kappa shape index (κ1) is 8.82. The van der Waals surface area contributed by atoms with Gasteiger partial charge in [-0.2, -0.15) is 0 Å². The van der Waals surface area contributed by atoms with Crippen LogP contribution in [0.4, 0.5) is 0 Å². The third-order valence-corrected chi connectivity index (χ3v) is 2.68. The van der Waals surface area contributed by atoms with Crippen molar-refractivity contribution in [2.75, 3.05) is 26.2 Å². The predicted octanol–water partition coefficient (Wildman–Crippen LogP) is 1.32. The molecule has 0 aromatic heterocycles. The number of hydrogen-bond acceptors (Lipinski definition) is 2. The van der Waals surface area contributed by atoms with E-state index in [1.54, 1.807) is 0 Å². The number of piperidine rings is 1. The largest absolute Gasteiger partial charge is 0.380 e. The summed E-state index contributed by atoms with van der Waals surface area (Å²) in [4.78, 5) is 2.54. The van der Waals surface area contributed by atoms with Crippen molar-refractivity contribution in [1.82, 2.24) is 10.2 Å². The molecular formula is C11H17N2. The highest BCUT2D eigenvalue weighted by Crippen LogP contribution is 2.11. The van der Waals surface area contributed by atoms with Crippen LogP contribution in [0.15, 0.2) is 17.7 Å². The van der Waals surface area contributed by atoms with Gasteiger partial charge in [0.15, 0.2) is 0 Å². The number of nitrogens with one attached hydrogen (secondary N) is 1. The van der Waals surface area contributed by atoms with Gasteiger partial charge in [-0.15, -0.1) is 0 Å². The Bertz CT molecular complexity index is 212. The Morgan fingerprint density at radius 3 is 2.85 bits per heavy atom. The third-order valence-electron chi connectivity index (χ3n) is 2.68. The molecule has 1 radical (unpaired) electrons. The second-order valence-corrected chi connectivity index (χ2v) is 3.79. The van der Waals surface area contributed by atoms with Gasteiger partial charge in [-0.25, -0.2) is 0 Å². The molecule has 2 aliphatic rings. The number of likely N-dealkylation sites (tertiary alicyclic amines) is 1. The van der Waals surface area contributed by atoms with E-state index in [2.05, 4.69) is 28.6 Å². The van der Waals surface area contributed by atoms with E-state index in [-0.39, 0.29) is 0 Å². The minimum Gasteiger partial charge on any atom is -0.380 e. The smallest absolute Gasteiger partial charge is 0.0581 e. The van der Waals surface area contributed by atoms with Crippen molar-refractivity contribution in [3.63, 3.8) is 0 Å². The molecule has 13 heavy (non-hydrogen) atoms. The van der Waals surface area contributed by atoms with Gasteiger partial charge in [-0.05, 0) is 37.6 Å². The Labute approximate surface area is 80.3 Å². The van der Waals surface area contributed by atoms with Gasteiger partial charge in [-0.1, -0.05) is 12.5 Å². The van der Waals surface area contributed by atoms with Crippen molar-refractivity contribution in [2.45, 2.75) is 19.3 Å². The Morgan fingerprint density at radius 2 is 2.15 bits per heavy atom. The molecule has 1 saturated heterocycles. The van der Waals surface area contributed by atoms with E-state index >= 15 is 0 Å². The number of dihydropyridines is 1. The second-order valence-electron chi connectivity index (χ2n) is 3.79. The molecule has 2 heteroatoms.